The van der Waals surface area contributed by atoms with Crippen LogP contribution in [0.25, 0.3) is 0 Å². The molecule has 0 bridgehead atoms. The summed E-state index contributed by atoms with van der Waals surface area (Å²) in [5.41, 5.74) is 0. The minimum Gasteiger partial charge on any atom is -0.549 e. The summed E-state index contributed by atoms with van der Waals surface area (Å²) in [5.74, 6) is -0.998. The molecule has 1 fully saturated rings. The van der Waals surface area contributed by atoms with Crippen LogP contribution in [0.2, 0.25) is 0 Å². The van der Waals surface area contributed by atoms with Crippen molar-refractivity contribution in [2.75, 3.05) is 6.54 Å². The topological polar surface area (TPSA) is 52.2 Å². The van der Waals surface area contributed by atoms with Crippen molar-refractivity contribution in [3.05, 3.63) is 0 Å². The molecular weight excluding hydrogens is 189 g/mol. The van der Waals surface area contributed by atoms with Gasteiger partial charge in [-0.15, -0.1) is 0 Å². The van der Waals surface area contributed by atoms with Gasteiger partial charge in [0.25, 0.3) is 0 Å². The van der Waals surface area contributed by atoms with Crippen LogP contribution in [0.3, 0.4) is 0 Å². The third-order valence-corrected chi connectivity index (χ3v) is 2.64. The number of aliphatic carboxylic acids is 1. The summed E-state index contributed by atoms with van der Waals surface area (Å²) < 4.78 is 0. The van der Waals surface area contributed by atoms with Gasteiger partial charge in [0.1, 0.15) is 0 Å². The summed E-state index contributed by atoms with van der Waals surface area (Å²) in [6.07, 6.45) is 8.62. The van der Waals surface area contributed by atoms with Gasteiger partial charge in [-0.2, -0.15) is 0 Å². The van der Waals surface area contributed by atoms with E-state index in [1.165, 1.54) is 32.1 Å². The molecule has 0 radical (unpaired) electrons. The van der Waals surface area contributed by atoms with Crippen LogP contribution in [0.1, 0.15) is 44.9 Å². The van der Waals surface area contributed by atoms with E-state index in [0.717, 1.165) is 12.8 Å². The quantitative estimate of drug-likeness (QED) is 0.518. The van der Waals surface area contributed by atoms with Gasteiger partial charge in [-0.25, -0.2) is 0 Å². The monoisotopic (exact) mass is 207 g/mol. The minimum absolute atomic E-state index is 0. The number of hydrogen-bond acceptors (Lipinski definition) is 3. The van der Waals surface area contributed by atoms with E-state index in [1.54, 1.807) is 0 Å². The molecule has 1 saturated carbocycles. The maximum atomic E-state index is 10.2. The van der Waals surface area contributed by atoms with E-state index in [9.17, 15) is 9.90 Å². The molecule has 76 valence electrons. The van der Waals surface area contributed by atoms with Crippen LogP contribution in [0, 0.1) is 0 Å². The smallest absolute Gasteiger partial charge is 0.549 e. The molecule has 0 spiro atoms. The Balaban J connectivity index is 0.00000169. The fourth-order valence-electron chi connectivity index (χ4n) is 1.89. The van der Waals surface area contributed by atoms with E-state index < -0.39 is 5.97 Å². The minimum atomic E-state index is -0.998. The zero-order valence-electron chi connectivity index (χ0n) is 9.05. The van der Waals surface area contributed by atoms with Gasteiger partial charge in [-0.1, -0.05) is 32.1 Å². The molecule has 0 saturated heterocycles. The number of carbonyl (C=O) groups is 1. The normalized spacial score (nSPS) is 19.1. The molecule has 0 atom stereocenters. The van der Waals surface area contributed by atoms with Crippen molar-refractivity contribution in [3.63, 3.8) is 0 Å². The predicted molar refractivity (Wildman–Crippen MR) is 49.1 cm³/mol. The first-order valence-electron chi connectivity index (χ1n) is 5.22. The third-order valence-electron chi connectivity index (χ3n) is 2.64. The summed E-state index contributed by atoms with van der Waals surface area (Å²) in [6.45, 7) is 0.00463. The first-order valence-corrected chi connectivity index (χ1v) is 5.22. The van der Waals surface area contributed by atoms with Crippen LogP contribution < -0.4 is 40.0 Å². The second-order valence-corrected chi connectivity index (χ2v) is 3.79. The summed E-state index contributed by atoms with van der Waals surface area (Å²) in [6, 6.07) is 0.401. The van der Waals surface area contributed by atoms with E-state index in [4.69, 9.17) is 0 Å². The van der Waals surface area contributed by atoms with Gasteiger partial charge in [-0.3, -0.25) is 0 Å². The molecule has 14 heavy (non-hydrogen) atoms. The van der Waals surface area contributed by atoms with Crippen molar-refractivity contribution < 1.29 is 39.5 Å². The Hall–Kier alpha value is 0.430. The van der Waals surface area contributed by atoms with Crippen LogP contribution in [-0.2, 0) is 4.79 Å². The predicted octanol–water partition coefficient (Wildman–Crippen LogP) is -2.56. The van der Waals surface area contributed by atoms with Crippen molar-refractivity contribution >= 4 is 5.97 Å². The molecular formula is C10H18NNaO2. The summed E-state index contributed by atoms with van der Waals surface area (Å²) in [7, 11) is 0. The second-order valence-electron chi connectivity index (χ2n) is 3.79. The fraction of sp³-hybridized carbons (Fsp3) is 0.900. The number of carbonyl (C=O) groups excluding carboxylic acids is 1. The van der Waals surface area contributed by atoms with Crippen molar-refractivity contribution in [3.8, 4) is 0 Å². The van der Waals surface area contributed by atoms with Crippen molar-refractivity contribution in [1.82, 2.24) is 5.32 Å². The first kappa shape index (κ1) is 14.4. The molecule has 0 aromatic carbocycles. The SMILES string of the molecule is O=C([O-])CNC1CCCCCCC1.[Na+]. The van der Waals surface area contributed by atoms with E-state index in [2.05, 4.69) is 5.32 Å². The Kier molecular flexibility index (Phi) is 8.98. The van der Waals surface area contributed by atoms with Gasteiger partial charge >= 0.3 is 29.6 Å². The zero-order chi connectivity index (χ0) is 9.52. The average molecular weight is 207 g/mol. The first-order chi connectivity index (χ1) is 6.29. The van der Waals surface area contributed by atoms with Crippen molar-refractivity contribution in [2.45, 2.75) is 51.0 Å². The average Bonchev–Trinajstić information content (AvgIpc) is 2.01. The Labute approximate surface area is 108 Å². The Morgan fingerprint density at radius 2 is 1.64 bits per heavy atom. The molecule has 0 aromatic heterocycles. The number of carboxylic acid groups (broad SMARTS) is 1. The number of hydrogen-bond donors (Lipinski definition) is 1. The van der Waals surface area contributed by atoms with Crippen molar-refractivity contribution in [1.29, 1.82) is 0 Å². The third kappa shape index (κ3) is 6.82. The van der Waals surface area contributed by atoms with Crippen LogP contribution in [0.4, 0.5) is 0 Å². The van der Waals surface area contributed by atoms with Gasteiger partial charge < -0.3 is 15.2 Å². The summed E-state index contributed by atoms with van der Waals surface area (Å²) in [5, 5.41) is 13.2. The standard InChI is InChI=1S/C10H19NO2.Na/c12-10(13)8-11-9-6-4-2-1-3-5-7-9;/h9,11H,1-8H2,(H,12,13);/q;+1/p-1. The second kappa shape index (κ2) is 8.72. The molecule has 1 rings (SSSR count). The number of nitrogens with one attached hydrogen (secondary N) is 1. The van der Waals surface area contributed by atoms with Crippen LogP contribution in [0.5, 0.6) is 0 Å². The Morgan fingerprint density at radius 3 is 2.14 bits per heavy atom. The molecule has 0 unspecified atom stereocenters. The van der Waals surface area contributed by atoms with Crippen molar-refractivity contribution in [2.24, 2.45) is 0 Å². The molecule has 0 amide bonds. The summed E-state index contributed by atoms with van der Waals surface area (Å²) >= 11 is 0. The van der Waals surface area contributed by atoms with Gasteiger partial charge in [0, 0.05) is 12.6 Å². The molecule has 4 heteroatoms. The zero-order valence-corrected chi connectivity index (χ0v) is 11.1. The van der Waals surface area contributed by atoms with Gasteiger partial charge in [-0.05, 0) is 12.8 Å². The number of carboxylic acids is 1. The maximum Gasteiger partial charge on any atom is 1.00 e. The number of rotatable bonds is 3. The largest absolute Gasteiger partial charge is 1.00 e. The molecule has 3 nitrogen and oxygen atoms in total. The van der Waals surface area contributed by atoms with Crippen LogP contribution >= 0.6 is 0 Å². The van der Waals surface area contributed by atoms with E-state index in [0.29, 0.717) is 6.04 Å². The van der Waals surface area contributed by atoms with Crippen LogP contribution in [-0.4, -0.2) is 18.6 Å². The molecule has 0 heterocycles. The molecule has 0 aromatic rings. The van der Waals surface area contributed by atoms with Gasteiger partial charge in [0.05, 0.1) is 5.97 Å². The van der Waals surface area contributed by atoms with E-state index >= 15 is 0 Å². The fourth-order valence-corrected chi connectivity index (χ4v) is 1.89. The van der Waals surface area contributed by atoms with Crippen LogP contribution in [0.15, 0.2) is 0 Å². The molecule has 0 aliphatic heterocycles. The van der Waals surface area contributed by atoms with Gasteiger partial charge in [0.15, 0.2) is 0 Å². The van der Waals surface area contributed by atoms with E-state index in [-0.39, 0.29) is 36.1 Å². The van der Waals surface area contributed by atoms with Gasteiger partial charge in [0.2, 0.25) is 0 Å². The summed E-state index contributed by atoms with van der Waals surface area (Å²) in [4.78, 5) is 10.2. The maximum absolute atomic E-state index is 10.2. The Bertz CT molecular complexity index is 156. The van der Waals surface area contributed by atoms with E-state index in [1.807, 2.05) is 0 Å². The molecule has 1 aliphatic carbocycles. The Morgan fingerprint density at radius 1 is 1.14 bits per heavy atom. The molecule has 1 N–H and O–H groups in total. The molecule has 1 aliphatic rings.